The van der Waals surface area contributed by atoms with Crippen molar-refractivity contribution in [1.29, 1.82) is 0 Å². The van der Waals surface area contributed by atoms with Crippen LogP contribution in [0.15, 0.2) is 29.8 Å². The Balaban J connectivity index is 2.10. The molecule has 1 saturated carbocycles. The summed E-state index contributed by atoms with van der Waals surface area (Å²) in [5, 5.41) is 14.1. The van der Waals surface area contributed by atoms with Crippen molar-refractivity contribution in [2.24, 2.45) is 0 Å². The van der Waals surface area contributed by atoms with Gasteiger partial charge in [0, 0.05) is 35.8 Å². The van der Waals surface area contributed by atoms with Crippen LogP contribution in [0.2, 0.25) is 0 Å². The summed E-state index contributed by atoms with van der Waals surface area (Å²) in [7, 11) is 0. The Morgan fingerprint density at radius 2 is 2.32 bits per heavy atom. The average molecular weight is 283 g/mol. The topological polar surface area (TPSA) is 64.4 Å². The van der Waals surface area contributed by atoms with E-state index in [2.05, 4.69) is 5.32 Å². The van der Waals surface area contributed by atoms with E-state index < -0.39 is 4.92 Å². The normalized spacial score (nSPS) is 14.8. The Bertz CT molecular complexity index is 487. The number of non-ortho nitro benzene ring substituents is 1. The summed E-state index contributed by atoms with van der Waals surface area (Å²) in [6.45, 7) is 0.921. The van der Waals surface area contributed by atoms with Gasteiger partial charge in [0.2, 0.25) is 0 Å². The standard InChI is InChI=1S/C13H15ClN2O3/c14-6-1-7-19-13-5-4-12(16(17)18)8-10(13)9-15-11-2-3-11/h1,4-6,8,11,15H,2-3,7,9H2/b6-1+. The second-order valence-corrected chi connectivity index (χ2v) is 4.63. The van der Waals surface area contributed by atoms with Gasteiger partial charge in [-0.2, -0.15) is 0 Å². The molecular weight excluding hydrogens is 268 g/mol. The molecule has 0 saturated heterocycles. The molecule has 102 valence electrons. The van der Waals surface area contributed by atoms with Gasteiger partial charge in [0.1, 0.15) is 12.4 Å². The first-order chi connectivity index (χ1) is 9.20. The minimum atomic E-state index is -0.400. The number of hydrogen-bond acceptors (Lipinski definition) is 4. The van der Waals surface area contributed by atoms with Crippen LogP contribution in [0.4, 0.5) is 5.69 Å². The highest BCUT2D eigenvalue weighted by molar-refractivity contribution is 6.25. The molecule has 1 aliphatic rings. The fraction of sp³-hybridized carbons (Fsp3) is 0.385. The van der Waals surface area contributed by atoms with E-state index in [1.807, 2.05) is 0 Å². The lowest BCUT2D eigenvalue weighted by Crippen LogP contribution is -2.16. The summed E-state index contributed by atoms with van der Waals surface area (Å²) in [6, 6.07) is 5.16. The maximum atomic E-state index is 10.8. The molecule has 1 aliphatic carbocycles. The highest BCUT2D eigenvalue weighted by Gasteiger charge is 2.21. The number of benzene rings is 1. The third-order valence-corrected chi connectivity index (χ3v) is 3.02. The quantitative estimate of drug-likeness (QED) is 0.617. The first kappa shape index (κ1) is 13.8. The van der Waals surface area contributed by atoms with Crippen LogP contribution in [0.5, 0.6) is 5.75 Å². The fourth-order valence-electron chi connectivity index (χ4n) is 1.67. The van der Waals surface area contributed by atoms with Gasteiger partial charge in [-0.3, -0.25) is 10.1 Å². The number of ether oxygens (including phenoxy) is 1. The monoisotopic (exact) mass is 282 g/mol. The van der Waals surface area contributed by atoms with Crippen LogP contribution >= 0.6 is 11.6 Å². The SMILES string of the molecule is O=[N+]([O-])c1ccc(OC/C=C/Cl)c(CNC2CC2)c1. The first-order valence-electron chi connectivity index (χ1n) is 6.09. The number of rotatable bonds is 7. The second kappa shape index (κ2) is 6.54. The van der Waals surface area contributed by atoms with Gasteiger partial charge < -0.3 is 10.1 Å². The zero-order chi connectivity index (χ0) is 13.7. The number of nitro benzene ring substituents is 1. The van der Waals surface area contributed by atoms with Gasteiger partial charge in [0.25, 0.3) is 5.69 Å². The minimum absolute atomic E-state index is 0.0767. The van der Waals surface area contributed by atoms with Crippen molar-refractivity contribution in [1.82, 2.24) is 5.32 Å². The maximum Gasteiger partial charge on any atom is 0.270 e. The minimum Gasteiger partial charge on any atom is -0.489 e. The van der Waals surface area contributed by atoms with E-state index in [1.54, 1.807) is 18.2 Å². The Kier molecular flexibility index (Phi) is 4.76. The van der Waals surface area contributed by atoms with Gasteiger partial charge in [0.05, 0.1) is 4.92 Å². The number of halogens is 1. The average Bonchev–Trinajstić information content (AvgIpc) is 3.21. The Morgan fingerprint density at radius 3 is 2.95 bits per heavy atom. The van der Waals surface area contributed by atoms with E-state index in [0.29, 0.717) is 24.9 Å². The number of nitrogens with one attached hydrogen (secondary N) is 1. The van der Waals surface area contributed by atoms with Gasteiger partial charge in [-0.1, -0.05) is 11.6 Å². The summed E-state index contributed by atoms with van der Waals surface area (Å²) in [5.41, 5.74) is 2.25. The van der Waals surface area contributed by atoms with Crippen LogP contribution in [0.3, 0.4) is 0 Å². The van der Waals surface area contributed by atoms with Crippen molar-refractivity contribution >= 4 is 17.3 Å². The molecule has 0 bridgehead atoms. The largest absolute Gasteiger partial charge is 0.489 e. The molecule has 0 aromatic heterocycles. The lowest BCUT2D eigenvalue weighted by Gasteiger charge is -2.10. The van der Waals surface area contributed by atoms with Crippen molar-refractivity contribution in [3.05, 3.63) is 45.5 Å². The summed E-state index contributed by atoms with van der Waals surface area (Å²) in [6.07, 6.45) is 4.00. The van der Waals surface area contributed by atoms with Gasteiger partial charge in [0.15, 0.2) is 0 Å². The molecule has 0 radical (unpaired) electrons. The summed E-state index contributed by atoms with van der Waals surface area (Å²) in [5.74, 6) is 0.647. The lowest BCUT2D eigenvalue weighted by atomic mass is 10.1. The summed E-state index contributed by atoms with van der Waals surface area (Å²) < 4.78 is 5.53. The van der Waals surface area contributed by atoms with Gasteiger partial charge in [-0.05, 0) is 25.0 Å². The third kappa shape index (κ3) is 4.22. The Labute approximate surface area is 116 Å². The second-order valence-electron chi connectivity index (χ2n) is 4.38. The molecule has 0 atom stereocenters. The Hall–Kier alpha value is -1.59. The van der Waals surface area contributed by atoms with E-state index >= 15 is 0 Å². The smallest absolute Gasteiger partial charge is 0.270 e. The summed E-state index contributed by atoms with van der Waals surface area (Å²) in [4.78, 5) is 10.4. The number of nitrogens with zero attached hydrogens (tertiary/aromatic N) is 1. The molecule has 1 N–H and O–H groups in total. The molecule has 19 heavy (non-hydrogen) atoms. The first-order valence-corrected chi connectivity index (χ1v) is 6.53. The summed E-state index contributed by atoms with van der Waals surface area (Å²) >= 11 is 5.42. The van der Waals surface area contributed by atoms with E-state index in [-0.39, 0.29) is 5.69 Å². The molecule has 0 unspecified atom stereocenters. The molecule has 0 spiro atoms. The van der Waals surface area contributed by atoms with E-state index in [4.69, 9.17) is 16.3 Å². The van der Waals surface area contributed by atoms with Gasteiger partial charge in [-0.25, -0.2) is 0 Å². The van der Waals surface area contributed by atoms with Crippen LogP contribution in [-0.4, -0.2) is 17.6 Å². The van der Waals surface area contributed by atoms with Crippen LogP contribution in [0, 0.1) is 10.1 Å². The van der Waals surface area contributed by atoms with Crippen LogP contribution in [0.1, 0.15) is 18.4 Å². The van der Waals surface area contributed by atoms with E-state index in [1.165, 1.54) is 24.4 Å². The third-order valence-electron chi connectivity index (χ3n) is 2.84. The molecule has 0 amide bonds. The molecular formula is C13H15ClN2O3. The predicted octanol–water partition coefficient (Wildman–Crippen LogP) is 2.98. The molecule has 5 nitrogen and oxygen atoms in total. The van der Waals surface area contributed by atoms with Crippen LogP contribution in [0.25, 0.3) is 0 Å². The lowest BCUT2D eigenvalue weighted by molar-refractivity contribution is -0.384. The highest BCUT2D eigenvalue weighted by atomic mass is 35.5. The van der Waals surface area contributed by atoms with E-state index in [9.17, 15) is 10.1 Å². The van der Waals surface area contributed by atoms with Crippen LogP contribution in [-0.2, 0) is 6.54 Å². The van der Waals surface area contributed by atoms with E-state index in [0.717, 1.165) is 5.56 Å². The molecule has 0 aliphatic heterocycles. The molecule has 2 rings (SSSR count). The predicted molar refractivity (Wildman–Crippen MR) is 73.4 cm³/mol. The van der Waals surface area contributed by atoms with Crippen molar-refractivity contribution in [2.75, 3.05) is 6.61 Å². The fourth-order valence-corrected chi connectivity index (χ4v) is 1.75. The van der Waals surface area contributed by atoms with Gasteiger partial charge in [-0.15, -0.1) is 0 Å². The molecule has 6 heteroatoms. The molecule has 0 heterocycles. The zero-order valence-corrected chi connectivity index (χ0v) is 11.1. The Morgan fingerprint density at radius 1 is 1.53 bits per heavy atom. The molecule has 1 fully saturated rings. The number of hydrogen-bond donors (Lipinski definition) is 1. The van der Waals surface area contributed by atoms with Gasteiger partial charge >= 0.3 is 0 Å². The van der Waals surface area contributed by atoms with Crippen molar-refractivity contribution in [2.45, 2.75) is 25.4 Å². The van der Waals surface area contributed by atoms with Crippen molar-refractivity contribution in [3.63, 3.8) is 0 Å². The number of nitro groups is 1. The molecule has 1 aromatic carbocycles. The van der Waals surface area contributed by atoms with Crippen molar-refractivity contribution in [3.8, 4) is 5.75 Å². The highest BCUT2D eigenvalue weighted by Crippen LogP contribution is 2.26. The molecule has 1 aromatic rings. The van der Waals surface area contributed by atoms with Crippen LogP contribution < -0.4 is 10.1 Å². The maximum absolute atomic E-state index is 10.8. The zero-order valence-electron chi connectivity index (χ0n) is 10.3. The van der Waals surface area contributed by atoms with Crippen molar-refractivity contribution < 1.29 is 9.66 Å².